The van der Waals surface area contributed by atoms with Crippen molar-refractivity contribution in [2.45, 2.75) is 157 Å². The number of piperidine rings is 2. The minimum absolute atomic E-state index is 0.0121. The Morgan fingerprint density at radius 1 is 0.672 bits per heavy atom. The third kappa shape index (κ3) is 7.64. The molecule has 7 aliphatic heterocycles. The van der Waals surface area contributed by atoms with Crippen molar-refractivity contribution < 1.29 is 33.0 Å². The van der Waals surface area contributed by atoms with Crippen LogP contribution in [0.2, 0.25) is 0 Å². The minimum atomic E-state index is -1.31. The van der Waals surface area contributed by atoms with E-state index in [1.807, 2.05) is 6.20 Å². The molecule has 0 aromatic rings. The van der Waals surface area contributed by atoms with E-state index in [2.05, 4.69) is 30.2 Å². The van der Waals surface area contributed by atoms with Gasteiger partial charge in [0.2, 0.25) is 11.8 Å². The molecule has 13 atom stereocenters. The molecule has 3 saturated carbocycles. The average molecular weight is 808 g/mol. The first-order valence-corrected chi connectivity index (χ1v) is 23.3. The number of carbonyl (C=O) groups is 4. The van der Waals surface area contributed by atoms with Crippen LogP contribution in [0.5, 0.6) is 0 Å². The van der Waals surface area contributed by atoms with Crippen molar-refractivity contribution >= 4 is 23.5 Å². The minimum Gasteiger partial charge on any atom is -0.374 e. The standard InChI is InChI=1S/C44H66FN7O6/c45-33-19-31-40-43(41(33)50-17-11-27(22-50)46-38(53)25-48-13-5-1-6-14-48)58-37-20-30-29-9-3-4-10-35(29)57-36(30)21-34(37)52(40)24-32(42(31)55)44(56)51-18-12-28(23-51)47-39(54)26-49-15-7-2-8-16-49/h24,27-31,33-37,40-41,43H,1-23,25-26H2,(H,46,53)(H,47,54)/t27-,28-,29?,30?,31?,33?,34?,35?,36?,37?,40?,41?,43?/m1/s1. The molecule has 0 bridgehead atoms. The summed E-state index contributed by atoms with van der Waals surface area (Å²) < 4.78 is 31.0. The van der Waals surface area contributed by atoms with Crippen LogP contribution in [0, 0.1) is 17.8 Å². The SMILES string of the molecule is O=C(CN1CCCCC1)N[C@@H]1CCN(C(=O)C2=CN3C4CC5OC6CCCCC6C5CC4OC4C(N5CC[C@@H](NC(=O)CN6CCCCC6)C5)C(F)CC(C2=O)C43)C1. The normalized spacial score (nSPS) is 41.9. The monoisotopic (exact) mass is 808 g/mol. The summed E-state index contributed by atoms with van der Waals surface area (Å²) in [4.78, 5) is 65.6. The molecular formula is C44H66FN7O6. The molecule has 10 aliphatic rings. The van der Waals surface area contributed by atoms with Crippen LogP contribution in [-0.4, -0.2) is 174 Å². The summed E-state index contributed by atoms with van der Waals surface area (Å²) in [6.07, 6.45) is 14.9. The first-order chi connectivity index (χ1) is 28.3. The predicted octanol–water partition coefficient (Wildman–Crippen LogP) is 2.23. The van der Waals surface area contributed by atoms with Crippen molar-refractivity contribution in [1.82, 2.24) is 35.1 Å². The Morgan fingerprint density at radius 2 is 1.34 bits per heavy atom. The Bertz CT molecular complexity index is 1600. The lowest BCUT2D eigenvalue weighted by molar-refractivity contribution is -0.220. The molecule has 3 amide bonds. The van der Waals surface area contributed by atoms with Crippen molar-refractivity contribution in [3.63, 3.8) is 0 Å². The van der Waals surface area contributed by atoms with E-state index in [0.29, 0.717) is 57.5 Å². The van der Waals surface area contributed by atoms with E-state index in [1.54, 1.807) is 4.90 Å². The van der Waals surface area contributed by atoms with Crippen LogP contribution in [0.1, 0.15) is 96.3 Å². The Morgan fingerprint density at radius 3 is 2.07 bits per heavy atom. The number of ether oxygens (including phenoxy) is 2. The second kappa shape index (κ2) is 16.7. The van der Waals surface area contributed by atoms with Crippen molar-refractivity contribution in [2.75, 3.05) is 65.4 Å². The molecule has 13 nitrogen and oxygen atoms in total. The van der Waals surface area contributed by atoms with Crippen molar-refractivity contribution in [3.8, 4) is 0 Å². The van der Waals surface area contributed by atoms with E-state index in [0.717, 1.165) is 77.5 Å². The van der Waals surface area contributed by atoms with E-state index in [9.17, 15) is 19.2 Å². The van der Waals surface area contributed by atoms with Gasteiger partial charge in [0.05, 0.1) is 61.2 Å². The summed E-state index contributed by atoms with van der Waals surface area (Å²) in [5, 5.41) is 6.42. The van der Waals surface area contributed by atoms with Crippen LogP contribution in [0.25, 0.3) is 0 Å². The van der Waals surface area contributed by atoms with Crippen LogP contribution in [0.4, 0.5) is 4.39 Å². The van der Waals surface area contributed by atoms with Gasteiger partial charge in [-0.05, 0) is 109 Å². The third-order valence-electron chi connectivity index (χ3n) is 16.1. The zero-order valence-electron chi connectivity index (χ0n) is 34.3. The number of hydrogen-bond donors (Lipinski definition) is 2. The Kier molecular flexibility index (Phi) is 11.3. The molecule has 7 heterocycles. The number of Topliss-reactive ketones (excluding diaryl/α,β-unsaturated/α-hetero) is 1. The number of likely N-dealkylation sites (tertiary alicyclic amines) is 4. The van der Waals surface area contributed by atoms with Crippen LogP contribution < -0.4 is 10.6 Å². The van der Waals surface area contributed by atoms with Gasteiger partial charge >= 0.3 is 0 Å². The van der Waals surface area contributed by atoms with Crippen molar-refractivity contribution in [2.24, 2.45) is 17.8 Å². The molecule has 0 radical (unpaired) electrons. The lowest BCUT2D eigenvalue weighted by Gasteiger charge is -2.61. The maximum Gasteiger partial charge on any atom is 0.259 e. The van der Waals surface area contributed by atoms with Gasteiger partial charge in [0, 0.05) is 50.4 Å². The first kappa shape index (κ1) is 39.5. The zero-order valence-corrected chi connectivity index (χ0v) is 34.3. The summed E-state index contributed by atoms with van der Waals surface area (Å²) in [7, 11) is 0. The van der Waals surface area contributed by atoms with Gasteiger partial charge in [0.25, 0.3) is 5.91 Å². The van der Waals surface area contributed by atoms with Gasteiger partial charge in [-0.2, -0.15) is 0 Å². The molecule has 14 heteroatoms. The number of hydrogen-bond acceptors (Lipinski definition) is 10. The van der Waals surface area contributed by atoms with Gasteiger partial charge in [0.15, 0.2) is 5.78 Å². The topological polar surface area (TPSA) is 127 Å². The van der Waals surface area contributed by atoms with Crippen LogP contribution in [-0.2, 0) is 28.7 Å². The summed E-state index contributed by atoms with van der Waals surface area (Å²) in [5.41, 5.74) is 0.146. The number of morpholine rings is 1. The molecule has 2 N–H and O–H groups in total. The Labute approximate surface area is 343 Å². The largest absolute Gasteiger partial charge is 0.374 e. The first-order valence-electron chi connectivity index (χ1n) is 23.3. The molecular weight excluding hydrogens is 742 g/mol. The molecule has 11 unspecified atom stereocenters. The highest BCUT2D eigenvalue weighted by Crippen LogP contribution is 2.53. The molecule has 0 aromatic heterocycles. The maximum absolute atomic E-state index is 17.0. The number of halogens is 1. The van der Waals surface area contributed by atoms with Gasteiger partial charge in [-0.1, -0.05) is 25.7 Å². The molecule has 6 saturated heterocycles. The van der Waals surface area contributed by atoms with Crippen LogP contribution in [0.15, 0.2) is 11.8 Å². The molecule has 3 aliphatic carbocycles. The summed E-state index contributed by atoms with van der Waals surface area (Å²) in [6, 6.07) is -1.21. The number of ketones is 1. The van der Waals surface area contributed by atoms with Crippen LogP contribution >= 0.6 is 0 Å². The number of rotatable bonds is 8. The highest BCUT2D eigenvalue weighted by Gasteiger charge is 2.62. The maximum atomic E-state index is 17.0. The zero-order chi connectivity index (χ0) is 39.5. The van der Waals surface area contributed by atoms with E-state index >= 15 is 4.39 Å². The van der Waals surface area contributed by atoms with Gasteiger partial charge in [0.1, 0.15) is 6.17 Å². The number of nitrogens with one attached hydrogen (secondary N) is 2. The molecule has 9 fully saturated rings. The summed E-state index contributed by atoms with van der Waals surface area (Å²) in [5.74, 6) is -0.337. The highest BCUT2D eigenvalue weighted by molar-refractivity contribution is 6.20. The van der Waals surface area contributed by atoms with Crippen molar-refractivity contribution in [3.05, 3.63) is 11.8 Å². The van der Waals surface area contributed by atoms with Crippen molar-refractivity contribution in [1.29, 1.82) is 0 Å². The summed E-state index contributed by atoms with van der Waals surface area (Å²) >= 11 is 0. The lowest BCUT2D eigenvalue weighted by atomic mass is 9.67. The van der Waals surface area contributed by atoms with Crippen LogP contribution in [0.3, 0.4) is 0 Å². The smallest absolute Gasteiger partial charge is 0.259 e. The molecule has 0 aromatic carbocycles. The van der Waals surface area contributed by atoms with Gasteiger partial charge in [-0.3, -0.25) is 33.9 Å². The van der Waals surface area contributed by atoms with E-state index < -0.39 is 24.2 Å². The number of nitrogens with zero attached hydrogens (tertiary/aromatic N) is 5. The fraction of sp³-hybridized carbons (Fsp3) is 0.864. The third-order valence-corrected chi connectivity index (χ3v) is 16.1. The fourth-order valence-electron chi connectivity index (χ4n) is 13.4. The second-order valence-corrected chi connectivity index (χ2v) is 19.7. The fourth-order valence-corrected chi connectivity index (χ4v) is 13.4. The van der Waals surface area contributed by atoms with E-state index in [1.165, 1.54) is 32.1 Å². The number of carbonyl (C=O) groups excluding carboxylic acids is 4. The van der Waals surface area contributed by atoms with Gasteiger partial charge < -0.3 is 29.9 Å². The molecule has 10 rings (SSSR count). The number of amides is 3. The highest BCUT2D eigenvalue weighted by atomic mass is 19.1. The molecule has 320 valence electrons. The number of fused-ring (bicyclic) bond motifs is 5. The van der Waals surface area contributed by atoms with Gasteiger partial charge in [-0.25, -0.2) is 4.39 Å². The molecule has 58 heavy (non-hydrogen) atoms. The predicted molar refractivity (Wildman–Crippen MR) is 213 cm³/mol. The average Bonchev–Trinajstić information content (AvgIpc) is 3.97. The number of alkyl halides is 1. The van der Waals surface area contributed by atoms with E-state index in [4.69, 9.17) is 9.47 Å². The Balaban J connectivity index is 0.872. The summed E-state index contributed by atoms with van der Waals surface area (Å²) in [6.45, 7) is 6.63. The van der Waals surface area contributed by atoms with E-state index in [-0.39, 0.29) is 78.0 Å². The Hall–Kier alpha value is -2.65. The van der Waals surface area contributed by atoms with Gasteiger partial charge in [-0.15, -0.1) is 0 Å². The lowest BCUT2D eigenvalue weighted by Crippen LogP contribution is -2.73. The quantitative estimate of drug-likeness (QED) is 0.353. The second-order valence-electron chi connectivity index (χ2n) is 19.7. The molecule has 0 spiro atoms.